The van der Waals surface area contributed by atoms with Crippen LogP contribution in [0.15, 0.2) is 18.3 Å². The zero-order valence-electron chi connectivity index (χ0n) is 14.2. The number of aromatic nitrogens is 1. The van der Waals surface area contributed by atoms with Gasteiger partial charge in [0.25, 0.3) is 0 Å². The van der Waals surface area contributed by atoms with E-state index >= 15 is 0 Å². The molecule has 1 aromatic heterocycles. The number of hydrogen-bond acceptors (Lipinski definition) is 5. The molecule has 1 atom stereocenters. The van der Waals surface area contributed by atoms with Crippen molar-refractivity contribution in [2.75, 3.05) is 62.8 Å². The molecular formula is C17H26N4O3. The smallest absolute Gasteiger partial charge is 0.321 e. The van der Waals surface area contributed by atoms with Gasteiger partial charge in [-0.05, 0) is 25.5 Å². The molecule has 24 heavy (non-hydrogen) atoms. The molecule has 2 aliphatic heterocycles. The van der Waals surface area contributed by atoms with Gasteiger partial charge in [-0.15, -0.1) is 0 Å². The highest BCUT2D eigenvalue weighted by atomic mass is 16.5. The van der Waals surface area contributed by atoms with Crippen molar-refractivity contribution in [2.45, 2.75) is 13.3 Å². The predicted octanol–water partition coefficient (Wildman–Crippen LogP) is 1.81. The first kappa shape index (κ1) is 17.0. The molecule has 0 radical (unpaired) electrons. The van der Waals surface area contributed by atoms with E-state index in [0.717, 1.165) is 64.0 Å². The molecule has 3 heterocycles. The number of ether oxygens (including phenoxy) is 2. The number of carbonyl (C=O) groups is 1. The maximum absolute atomic E-state index is 12.4. The summed E-state index contributed by atoms with van der Waals surface area (Å²) in [7, 11) is 0. The molecular weight excluding hydrogens is 308 g/mol. The Morgan fingerprint density at radius 1 is 1.33 bits per heavy atom. The lowest BCUT2D eigenvalue weighted by molar-refractivity contribution is 0.122. The summed E-state index contributed by atoms with van der Waals surface area (Å²) < 4.78 is 10.7. The maximum Gasteiger partial charge on any atom is 0.321 e. The third kappa shape index (κ3) is 4.36. The number of pyridine rings is 1. The van der Waals surface area contributed by atoms with Crippen LogP contribution in [-0.4, -0.2) is 68.5 Å². The van der Waals surface area contributed by atoms with Crippen LogP contribution >= 0.6 is 0 Å². The zero-order valence-corrected chi connectivity index (χ0v) is 14.2. The van der Waals surface area contributed by atoms with E-state index < -0.39 is 0 Å². The van der Waals surface area contributed by atoms with E-state index in [-0.39, 0.29) is 6.03 Å². The molecule has 1 aromatic rings. The van der Waals surface area contributed by atoms with Crippen LogP contribution in [0.2, 0.25) is 0 Å². The minimum absolute atomic E-state index is 0.0784. The van der Waals surface area contributed by atoms with Crippen LogP contribution < -0.4 is 10.2 Å². The highest BCUT2D eigenvalue weighted by molar-refractivity contribution is 5.89. The number of carbonyl (C=O) groups excluding carboxylic acids is 1. The van der Waals surface area contributed by atoms with Crippen LogP contribution in [0.3, 0.4) is 0 Å². The number of amides is 2. The number of hydrogen-bond donors (Lipinski definition) is 1. The first-order valence-electron chi connectivity index (χ1n) is 8.68. The third-order valence-electron chi connectivity index (χ3n) is 4.51. The Balaban J connectivity index is 1.54. The molecule has 0 spiro atoms. The van der Waals surface area contributed by atoms with Crippen LogP contribution in [-0.2, 0) is 9.47 Å². The van der Waals surface area contributed by atoms with Crippen molar-refractivity contribution in [3.05, 3.63) is 18.3 Å². The average Bonchev–Trinajstić information content (AvgIpc) is 3.14. The second kappa shape index (κ2) is 8.30. The van der Waals surface area contributed by atoms with Crippen molar-refractivity contribution in [2.24, 2.45) is 5.92 Å². The van der Waals surface area contributed by atoms with Gasteiger partial charge in [-0.2, -0.15) is 0 Å². The molecule has 0 unspecified atom stereocenters. The molecule has 0 aromatic carbocycles. The lowest BCUT2D eigenvalue weighted by atomic mass is 10.1. The molecule has 2 amide bonds. The standard InChI is InChI=1S/C17H26N4O3/c1-2-20(12-14-5-8-24-13-14)17(22)19-15-3-4-16(18-11-15)21-6-9-23-10-7-21/h3-4,11,14H,2,5-10,12-13H2,1H3,(H,19,22)/t14-/m0/s1. The van der Waals surface area contributed by atoms with Crippen molar-refractivity contribution in [3.8, 4) is 0 Å². The monoisotopic (exact) mass is 334 g/mol. The summed E-state index contributed by atoms with van der Waals surface area (Å²) in [5.41, 5.74) is 0.720. The summed E-state index contributed by atoms with van der Waals surface area (Å²) in [6, 6.07) is 3.77. The fourth-order valence-electron chi connectivity index (χ4n) is 3.04. The molecule has 132 valence electrons. The van der Waals surface area contributed by atoms with Crippen LogP contribution in [0, 0.1) is 5.92 Å². The number of rotatable bonds is 5. The second-order valence-corrected chi connectivity index (χ2v) is 6.20. The van der Waals surface area contributed by atoms with E-state index in [1.807, 2.05) is 24.0 Å². The summed E-state index contributed by atoms with van der Waals surface area (Å²) in [6.07, 6.45) is 2.74. The van der Waals surface area contributed by atoms with Crippen molar-refractivity contribution in [1.29, 1.82) is 0 Å². The maximum atomic E-state index is 12.4. The minimum atomic E-state index is -0.0784. The molecule has 7 nitrogen and oxygen atoms in total. The average molecular weight is 334 g/mol. The Hall–Kier alpha value is -1.86. The van der Waals surface area contributed by atoms with Crippen LogP contribution in [0.25, 0.3) is 0 Å². The number of morpholine rings is 1. The van der Waals surface area contributed by atoms with Gasteiger partial charge in [0.05, 0.1) is 31.7 Å². The van der Waals surface area contributed by atoms with Gasteiger partial charge < -0.3 is 24.6 Å². The summed E-state index contributed by atoms with van der Waals surface area (Å²) in [5, 5.41) is 2.94. The molecule has 0 bridgehead atoms. The van der Waals surface area contributed by atoms with Gasteiger partial charge >= 0.3 is 6.03 Å². The van der Waals surface area contributed by atoms with Crippen LogP contribution in [0.4, 0.5) is 16.3 Å². The Labute approximate surface area is 142 Å². The molecule has 2 fully saturated rings. The topological polar surface area (TPSA) is 66.9 Å². The van der Waals surface area contributed by atoms with Gasteiger partial charge in [-0.1, -0.05) is 0 Å². The highest BCUT2D eigenvalue weighted by Gasteiger charge is 2.21. The Morgan fingerprint density at radius 2 is 2.17 bits per heavy atom. The predicted molar refractivity (Wildman–Crippen MR) is 92.5 cm³/mol. The third-order valence-corrected chi connectivity index (χ3v) is 4.51. The van der Waals surface area contributed by atoms with Gasteiger partial charge in [-0.25, -0.2) is 9.78 Å². The van der Waals surface area contributed by atoms with E-state index in [0.29, 0.717) is 12.5 Å². The molecule has 0 aliphatic carbocycles. The number of urea groups is 1. The molecule has 3 rings (SSSR count). The number of nitrogens with one attached hydrogen (secondary N) is 1. The molecule has 2 saturated heterocycles. The molecule has 0 saturated carbocycles. The van der Waals surface area contributed by atoms with Gasteiger partial charge in [0.15, 0.2) is 0 Å². The summed E-state index contributed by atoms with van der Waals surface area (Å²) in [5.74, 6) is 1.37. The Bertz CT molecular complexity index is 525. The summed E-state index contributed by atoms with van der Waals surface area (Å²) >= 11 is 0. The van der Waals surface area contributed by atoms with Crippen molar-refractivity contribution >= 4 is 17.5 Å². The summed E-state index contributed by atoms with van der Waals surface area (Å²) in [4.78, 5) is 20.9. The van der Waals surface area contributed by atoms with Crippen LogP contribution in [0.5, 0.6) is 0 Å². The quantitative estimate of drug-likeness (QED) is 0.889. The molecule has 2 aliphatic rings. The lowest BCUT2D eigenvalue weighted by Gasteiger charge is -2.28. The van der Waals surface area contributed by atoms with Crippen LogP contribution in [0.1, 0.15) is 13.3 Å². The van der Waals surface area contributed by atoms with Crippen molar-refractivity contribution in [3.63, 3.8) is 0 Å². The lowest BCUT2D eigenvalue weighted by Crippen LogP contribution is -2.38. The minimum Gasteiger partial charge on any atom is -0.381 e. The Kier molecular flexibility index (Phi) is 5.87. The van der Waals surface area contributed by atoms with E-state index in [1.54, 1.807) is 6.20 Å². The molecule has 7 heteroatoms. The first-order chi connectivity index (χ1) is 11.8. The molecule has 1 N–H and O–H groups in total. The largest absolute Gasteiger partial charge is 0.381 e. The van der Waals surface area contributed by atoms with E-state index in [4.69, 9.17) is 9.47 Å². The van der Waals surface area contributed by atoms with Gasteiger partial charge in [0.1, 0.15) is 5.82 Å². The fraction of sp³-hybridized carbons (Fsp3) is 0.647. The fourth-order valence-corrected chi connectivity index (χ4v) is 3.04. The zero-order chi connectivity index (χ0) is 16.8. The van der Waals surface area contributed by atoms with E-state index in [2.05, 4.69) is 15.2 Å². The SMILES string of the molecule is CCN(C[C@@H]1CCOC1)C(=O)Nc1ccc(N2CCOCC2)nc1. The van der Waals surface area contributed by atoms with Gasteiger partial charge in [0.2, 0.25) is 0 Å². The highest BCUT2D eigenvalue weighted by Crippen LogP contribution is 2.17. The first-order valence-corrected chi connectivity index (χ1v) is 8.68. The number of anilines is 2. The van der Waals surface area contributed by atoms with Gasteiger partial charge in [-0.3, -0.25) is 0 Å². The second-order valence-electron chi connectivity index (χ2n) is 6.20. The Morgan fingerprint density at radius 3 is 2.79 bits per heavy atom. The van der Waals surface area contributed by atoms with Gasteiger partial charge in [0, 0.05) is 38.7 Å². The van der Waals surface area contributed by atoms with Crippen molar-refractivity contribution in [1.82, 2.24) is 9.88 Å². The number of nitrogens with zero attached hydrogens (tertiary/aromatic N) is 3. The van der Waals surface area contributed by atoms with E-state index in [1.165, 1.54) is 0 Å². The summed E-state index contributed by atoms with van der Waals surface area (Å²) in [6.45, 7) is 8.14. The van der Waals surface area contributed by atoms with E-state index in [9.17, 15) is 4.79 Å². The normalized spacial score (nSPS) is 20.9. The van der Waals surface area contributed by atoms with Crippen molar-refractivity contribution < 1.29 is 14.3 Å².